The minimum Gasteiger partial charge on any atom is -0.487 e. The Labute approximate surface area is 174 Å². The highest BCUT2D eigenvalue weighted by molar-refractivity contribution is 5.94. The molecule has 2 aliphatic heterocycles. The number of para-hydroxylation sites is 1. The van der Waals surface area contributed by atoms with Gasteiger partial charge in [-0.1, -0.05) is 37.3 Å². The van der Waals surface area contributed by atoms with E-state index in [4.69, 9.17) is 4.74 Å². The van der Waals surface area contributed by atoms with Gasteiger partial charge in [0.15, 0.2) is 0 Å². The standard InChI is InChI=1S/C25H32N2O2/c1-18-12-14-27(15-13-18)17-19-8-10-20(11-9-19)24(28)26-22-16-25(2,3)29-23-7-5-4-6-21(22)23/h4-11,18,22H,12-17H2,1-3H3,(H,26,28). The molecule has 0 aliphatic carbocycles. The van der Waals surface area contributed by atoms with Gasteiger partial charge >= 0.3 is 0 Å². The Kier molecular flexibility index (Phi) is 5.64. The summed E-state index contributed by atoms with van der Waals surface area (Å²) < 4.78 is 6.08. The predicted octanol–water partition coefficient (Wildman–Crippen LogP) is 4.95. The molecular weight excluding hydrogens is 360 g/mol. The molecule has 4 nitrogen and oxygen atoms in total. The summed E-state index contributed by atoms with van der Waals surface area (Å²) in [4.78, 5) is 15.4. The molecule has 154 valence electrons. The minimum atomic E-state index is -0.303. The van der Waals surface area contributed by atoms with E-state index in [1.807, 2.05) is 36.4 Å². The first-order chi connectivity index (χ1) is 13.9. The molecule has 1 unspecified atom stereocenters. The SMILES string of the molecule is CC1CCN(Cc2ccc(C(=O)NC3CC(C)(C)Oc4ccccc43)cc2)CC1. The lowest BCUT2D eigenvalue weighted by Crippen LogP contribution is -2.41. The van der Waals surface area contributed by atoms with Crippen molar-refractivity contribution in [3.63, 3.8) is 0 Å². The van der Waals surface area contributed by atoms with Crippen molar-refractivity contribution in [1.82, 2.24) is 10.2 Å². The van der Waals surface area contributed by atoms with Gasteiger partial charge in [0, 0.05) is 24.1 Å². The number of hydrogen-bond donors (Lipinski definition) is 1. The Hall–Kier alpha value is -2.33. The summed E-state index contributed by atoms with van der Waals surface area (Å²) in [5.41, 5.74) is 2.73. The van der Waals surface area contributed by atoms with Crippen LogP contribution >= 0.6 is 0 Å². The second-order valence-electron chi connectivity index (χ2n) is 9.29. The fourth-order valence-corrected chi connectivity index (χ4v) is 4.41. The number of piperidine rings is 1. The molecule has 1 fully saturated rings. The first-order valence-electron chi connectivity index (χ1n) is 10.8. The number of fused-ring (bicyclic) bond motifs is 1. The number of ether oxygens (including phenoxy) is 1. The highest BCUT2D eigenvalue weighted by atomic mass is 16.5. The first-order valence-corrected chi connectivity index (χ1v) is 10.8. The molecule has 0 bridgehead atoms. The van der Waals surface area contributed by atoms with Crippen LogP contribution in [0.2, 0.25) is 0 Å². The zero-order chi connectivity index (χ0) is 20.4. The number of amides is 1. The van der Waals surface area contributed by atoms with Crippen LogP contribution in [0.25, 0.3) is 0 Å². The van der Waals surface area contributed by atoms with Crippen molar-refractivity contribution in [3.05, 3.63) is 65.2 Å². The third-order valence-electron chi connectivity index (χ3n) is 6.18. The highest BCUT2D eigenvalue weighted by Crippen LogP contribution is 2.39. The summed E-state index contributed by atoms with van der Waals surface area (Å²) in [6, 6.07) is 16.0. The van der Waals surface area contributed by atoms with Crippen LogP contribution in [0.1, 0.15) is 67.6 Å². The van der Waals surface area contributed by atoms with Crippen LogP contribution in [-0.4, -0.2) is 29.5 Å². The van der Waals surface area contributed by atoms with Gasteiger partial charge in [-0.05, 0) is 69.5 Å². The average molecular weight is 393 g/mol. The number of nitrogens with one attached hydrogen (secondary N) is 1. The zero-order valence-electron chi connectivity index (χ0n) is 17.8. The van der Waals surface area contributed by atoms with Crippen molar-refractivity contribution >= 4 is 5.91 Å². The van der Waals surface area contributed by atoms with E-state index in [0.717, 1.165) is 30.2 Å². The fraction of sp³-hybridized carbons (Fsp3) is 0.480. The number of carbonyl (C=O) groups is 1. The fourth-order valence-electron chi connectivity index (χ4n) is 4.41. The van der Waals surface area contributed by atoms with E-state index in [1.165, 1.54) is 31.5 Å². The van der Waals surface area contributed by atoms with Crippen molar-refractivity contribution in [3.8, 4) is 5.75 Å². The van der Waals surface area contributed by atoms with Crippen LogP contribution < -0.4 is 10.1 Å². The molecular formula is C25H32N2O2. The van der Waals surface area contributed by atoms with Gasteiger partial charge in [-0.3, -0.25) is 9.69 Å². The molecule has 4 rings (SSSR count). The average Bonchev–Trinajstić information content (AvgIpc) is 2.69. The number of hydrogen-bond acceptors (Lipinski definition) is 3. The molecule has 0 aromatic heterocycles. The Morgan fingerprint density at radius 3 is 2.52 bits per heavy atom. The van der Waals surface area contributed by atoms with Gasteiger partial charge in [0.05, 0.1) is 6.04 Å². The number of nitrogens with zero attached hydrogens (tertiary/aromatic N) is 1. The molecule has 2 aromatic carbocycles. The van der Waals surface area contributed by atoms with Crippen molar-refractivity contribution < 1.29 is 9.53 Å². The van der Waals surface area contributed by atoms with Gasteiger partial charge in [-0.25, -0.2) is 0 Å². The van der Waals surface area contributed by atoms with Gasteiger partial charge in [0.2, 0.25) is 0 Å². The van der Waals surface area contributed by atoms with E-state index < -0.39 is 0 Å². The Morgan fingerprint density at radius 2 is 1.79 bits per heavy atom. The molecule has 2 aliphatic rings. The second-order valence-corrected chi connectivity index (χ2v) is 9.29. The van der Waals surface area contributed by atoms with Crippen molar-refractivity contribution in [2.24, 2.45) is 5.92 Å². The van der Waals surface area contributed by atoms with Gasteiger partial charge in [0.1, 0.15) is 11.4 Å². The lowest BCUT2D eigenvalue weighted by molar-refractivity contribution is 0.0619. The molecule has 2 aromatic rings. The van der Waals surface area contributed by atoms with E-state index in [0.29, 0.717) is 5.56 Å². The topological polar surface area (TPSA) is 41.6 Å². The normalized spacial score (nSPS) is 21.8. The summed E-state index contributed by atoms with van der Waals surface area (Å²) in [5.74, 6) is 1.68. The molecule has 0 radical (unpaired) electrons. The predicted molar refractivity (Wildman–Crippen MR) is 116 cm³/mol. The van der Waals surface area contributed by atoms with E-state index in [1.54, 1.807) is 0 Å². The van der Waals surface area contributed by atoms with E-state index in [-0.39, 0.29) is 17.6 Å². The zero-order valence-corrected chi connectivity index (χ0v) is 17.8. The first kappa shape index (κ1) is 20.0. The molecule has 1 atom stereocenters. The number of benzene rings is 2. The monoisotopic (exact) mass is 392 g/mol. The van der Waals surface area contributed by atoms with Crippen molar-refractivity contribution in [2.45, 2.75) is 58.2 Å². The lowest BCUT2D eigenvalue weighted by atomic mass is 9.89. The van der Waals surface area contributed by atoms with E-state index >= 15 is 0 Å². The minimum absolute atomic E-state index is 0.0270. The Bertz CT molecular complexity index is 851. The molecule has 1 saturated heterocycles. The van der Waals surface area contributed by atoms with Crippen LogP contribution in [0.3, 0.4) is 0 Å². The summed E-state index contributed by atoms with van der Waals surface area (Å²) >= 11 is 0. The van der Waals surface area contributed by atoms with Crippen LogP contribution in [0, 0.1) is 5.92 Å². The smallest absolute Gasteiger partial charge is 0.251 e. The van der Waals surface area contributed by atoms with E-state index in [9.17, 15) is 4.79 Å². The molecule has 4 heteroatoms. The Morgan fingerprint density at radius 1 is 1.10 bits per heavy atom. The summed E-state index contributed by atoms with van der Waals surface area (Å²) in [6.45, 7) is 9.78. The maximum absolute atomic E-state index is 12.9. The Balaban J connectivity index is 1.41. The lowest BCUT2D eigenvalue weighted by Gasteiger charge is -2.37. The van der Waals surface area contributed by atoms with Gasteiger partial charge in [0.25, 0.3) is 5.91 Å². The maximum Gasteiger partial charge on any atom is 0.251 e. The molecule has 2 heterocycles. The summed E-state index contributed by atoms with van der Waals surface area (Å²) in [6.07, 6.45) is 3.31. The number of carbonyl (C=O) groups excluding carboxylic acids is 1. The molecule has 1 amide bonds. The summed E-state index contributed by atoms with van der Waals surface area (Å²) in [7, 11) is 0. The molecule has 0 saturated carbocycles. The van der Waals surface area contributed by atoms with Crippen molar-refractivity contribution in [2.75, 3.05) is 13.1 Å². The highest BCUT2D eigenvalue weighted by Gasteiger charge is 2.34. The van der Waals surface area contributed by atoms with Crippen molar-refractivity contribution in [1.29, 1.82) is 0 Å². The molecule has 1 N–H and O–H groups in total. The second kappa shape index (κ2) is 8.19. The summed E-state index contributed by atoms with van der Waals surface area (Å²) in [5, 5.41) is 3.22. The number of rotatable bonds is 4. The van der Waals surface area contributed by atoms with Crippen LogP contribution in [-0.2, 0) is 6.54 Å². The molecule has 0 spiro atoms. The van der Waals surface area contributed by atoms with E-state index in [2.05, 4.69) is 43.1 Å². The maximum atomic E-state index is 12.9. The quantitative estimate of drug-likeness (QED) is 0.800. The number of likely N-dealkylation sites (tertiary alicyclic amines) is 1. The van der Waals surface area contributed by atoms with Crippen LogP contribution in [0.5, 0.6) is 5.75 Å². The van der Waals surface area contributed by atoms with Crippen LogP contribution in [0.4, 0.5) is 0 Å². The third kappa shape index (κ3) is 4.81. The van der Waals surface area contributed by atoms with Gasteiger partial charge in [-0.2, -0.15) is 0 Å². The van der Waals surface area contributed by atoms with Crippen LogP contribution in [0.15, 0.2) is 48.5 Å². The van der Waals surface area contributed by atoms with Gasteiger partial charge in [-0.15, -0.1) is 0 Å². The third-order valence-corrected chi connectivity index (χ3v) is 6.18. The largest absolute Gasteiger partial charge is 0.487 e. The molecule has 29 heavy (non-hydrogen) atoms. The van der Waals surface area contributed by atoms with Gasteiger partial charge < -0.3 is 10.1 Å².